The molecule has 3 atom stereocenters. The van der Waals surface area contributed by atoms with Crippen LogP contribution in [0, 0.1) is 0 Å². The van der Waals surface area contributed by atoms with Gasteiger partial charge < -0.3 is 14.4 Å². The van der Waals surface area contributed by atoms with Crippen molar-refractivity contribution in [3.63, 3.8) is 0 Å². The number of hydrogen-bond acceptors (Lipinski definition) is 5. The minimum absolute atomic E-state index is 0.0328. The molecule has 2 fully saturated rings. The van der Waals surface area contributed by atoms with Gasteiger partial charge in [-0.25, -0.2) is 8.42 Å². The van der Waals surface area contributed by atoms with Crippen molar-refractivity contribution in [3.8, 4) is 5.75 Å². The second-order valence-electron chi connectivity index (χ2n) is 6.47. The van der Waals surface area contributed by atoms with Crippen LogP contribution in [0.15, 0.2) is 23.1 Å². The lowest BCUT2D eigenvalue weighted by molar-refractivity contribution is 0.180. The lowest BCUT2D eigenvalue weighted by Crippen LogP contribution is -2.32. The van der Waals surface area contributed by atoms with E-state index in [9.17, 15) is 8.42 Å². The molecule has 23 heavy (non-hydrogen) atoms. The van der Waals surface area contributed by atoms with E-state index in [1.165, 1.54) is 4.31 Å². The van der Waals surface area contributed by atoms with Crippen molar-refractivity contribution in [1.29, 1.82) is 0 Å². The number of sulfonamides is 1. The molecule has 2 bridgehead atoms. The van der Waals surface area contributed by atoms with Gasteiger partial charge in [-0.3, -0.25) is 0 Å². The van der Waals surface area contributed by atoms with Crippen LogP contribution in [0.2, 0.25) is 0 Å². The highest BCUT2D eigenvalue weighted by Crippen LogP contribution is 2.38. The van der Waals surface area contributed by atoms with E-state index in [-0.39, 0.29) is 6.10 Å². The molecular weight excluding hydrogens is 316 g/mol. The Balaban J connectivity index is 1.71. The third-order valence-corrected chi connectivity index (χ3v) is 6.92. The average molecular weight is 338 g/mol. The monoisotopic (exact) mass is 338 g/mol. The van der Waals surface area contributed by atoms with Gasteiger partial charge in [-0.15, -0.1) is 0 Å². The zero-order valence-electron chi connectivity index (χ0n) is 13.3. The van der Waals surface area contributed by atoms with E-state index in [1.54, 1.807) is 13.2 Å². The van der Waals surface area contributed by atoms with Gasteiger partial charge in [0.1, 0.15) is 16.7 Å². The van der Waals surface area contributed by atoms with Crippen LogP contribution in [0.1, 0.15) is 19.3 Å². The Morgan fingerprint density at radius 2 is 2.17 bits per heavy atom. The van der Waals surface area contributed by atoms with Crippen molar-refractivity contribution in [2.75, 3.05) is 38.3 Å². The van der Waals surface area contributed by atoms with E-state index in [2.05, 4.69) is 4.90 Å². The molecule has 0 amide bonds. The van der Waals surface area contributed by atoms with E-state index in [0.717, 1.165) is 31.5 Å². The van der Waals surface area contributed by atoms with E-state index in [0.29, 0.717) is 36.4 Å². The van der Waals surface area contributed by atoms with Crippen molar-refractivity contribution in [3.05, 3.63) is 18.2 Å². The van der Waals surface area contributed by atoms with Gasteiger partial charge in [-0.1, -0.05) is 0 Å². The predicted octanol–water partition coefficient (Wildman–Crippen LogP) is 1.46. The highest BCUT2D eigenvalue weighted by molar-refractivity contribution is 7.89. The zero-order chi connectivity index (χ0) is 16.0. The summed E-state index contributed by atoms with van der Waals surface area (Å²) in [7, 11) is -1.71. The van der Waals surface area contributed by atoms with Gasteiger partial charge in [0.05, 0.1) is 19.2 Å². The zero-order valence-corrected chi connectivity index (χ0v) is 14.1. The van der Waals surface area contributed by atoms with Crippen LogP contribution in [0.5, 0.6) is 5.75 Å². The van der Waals surface area contributed by atoms with E-state index in [4.69, 9.17) is 9.47 Å². The van der Waals surface area contributed by atoms with Crippen LogP contribution in [0.3, 0.4) is 0 Å². The highest BCUT2D eigenvalue weighted by atomic mass is 32.2. The Bertz CT molecular complexity index is 706. The van der Waals surface area contributed by atoms with E-state index >= 15 is 0 Å². The first-order valence-corrected chi connectivity index (χ1v) is 9.60. The topological polar surface area (TPSA) is 59.1 Å². The largest absolute Gasteiger partial charge is 0.487 e. The average Bonchev–Trinajstić information content (AvgIpc) is 3.14. The van der Waals surface area contributed by atoms with Crippen LogP contribution >= 0.6 is 0 Å². The number of methoxy groups -OCH3 is 1. The lowest BCUT2D eigenvalue weighted by Gasteiger charge is -2.27. The fourth-order valence-corrected chi connectivity index (χ4v) is 5.44. The first-order valence-electron chi connectivity index (χ1n) is 8.16. The van der Waals surface area contributed by atoms with Gasteiger partial charge in [0.2, 0.25) is 10.0 Å². The van der Waals surface area contributed by atoms with Crippen LogP contribution in [0.25, 0.3) is 0 Å². The first kappa shape index (κ1) is 15.2. The summed E-state index contributed by atoms with van der Waals surface area (Å²) in [5.41, 5.74) is 1.02. The van der Waals surface area contributed by atoms with Crippen LogP contribution in [-0.4, -0.2) is 58.2 Å². The molecule has 3 heterocycles. The molecular formula is C16H22N2O4S. The van der Waals surface area contributed by atoms with Crippen molar-refractivity contribution >= 4 is 15.7 Å². The number of anilines is 1. The standard InChI is InChI=1S/C16H22N2O4S/c1-21-11-13-3-2-7-18(13)12-4-5-16-15(9-12)22-14-6-8-17(10-14)23(16,19)20/h4-5,9,13-14H,2-3,6-8,10-11H2,1H3/t13-,14-/m0/s1. The molecule has 1 aromatic rings. The summed E-state index contributed by atoms with van der Waals surface area (Å²) < 4.78 is 38.2. The number of fused-ring (bicyclic) bond motifs is 3. The maximum absolute atomic E-state index is 12.7. The molecule has 0 spiro atoms. The third-order valence-electron chi connectivity index (χ3n) is 5.01. The minimum Gasteiger partial charge on any atom is -0.487 e. The summed E-state index contributed by atoms with van der Waals surface area (Å²) in [5.74, 6) is 0.498. The van der Waals surface area contributed by atoms with Gasteiger partial charge in [-0.2, -0.15) is 4.31 Å². The molecule has 0 aliphatic carbocycles. The van der Waals surface area contributed by atoms with Crippen molar-refractivity contribution in [1.82, 2.24) is 4.31 Å². The molecule has 3 aliphatic rings. The first-order chi connectivity index (χ1) is 11.1. The molecule has 2 saturated heterocycles. The predicted molar refractivity (Wildman–Crippen MR) is 86.5 cm³/mol. The summed E-state index contributed by atoms with van der Waals surface area (Å²) in [6, 6.07) is 5.83. The third kappa shape index (κ3) is 2.51. The number of benzene rings is 1. The summed E-state index contributed by atoms with van der Waals surface area (Å²) in [6.45, 7) is 2.67. The summed E-state index contributed by atoms with van der Waals surface area (Å²) in [6.07, 6.45) is 2.95. The minimum atomic E-state index is -3.43. The molecule has 1 unspecified atom stereocenters. The molecule has 0 saturated carbocycles. The number of hydrogen-bond donors (Lipinski definition) is 0. The Kier molecular flexibility index (Phi) is 3.74. The quantitative estimate of drug-likeness (QED) is 0.835. The Labute approximate surface area is 137 Å². The Morgan fingerprint density at radius 3 is 3.00 bits per heavy atom. The Hall–Kier alpha value is -1.31. The van der Waals surface area contributed by atoms with Crippen LogP contribution in [0.4, 0.5) is 5.69 Å². The Morgan fingerprint density at radius 1 is 1.30 bits per heavy atom. The maximum Gasteiger partial charge on any atom is 0.246 e. The molecule has 3 aliphatic heterocycles. The summed E-state index contributed by atoms with van der Waals surface area (Å²) in [4.78, 5) is 2.59. The van der Waals surface area contributed by atoms with Gasteiger partial charge in [0, 0.05) is 32.0 Å². The second-order valence-corrected chi connectivity index (χ2v) is 8.37. The summed E-state index contributed by atoms with van der Waals surface area (Å²) >= 11 is 0. The molecule has 7 heteroatoms. The highest BCUT2D eigenvalue weighted by Gasteiger charge is 2.39. The van der Waals surface area contributed by atoms with E-state index in [1.807, 2.05) is 12.1 Å². The molecule has 0 radical (unpaired) electrons. The number of nitrogens with zero attached hydrogens (tertiary/aromatic N) is 2. The molecule has 126 valence electrons. The molecule has 6 nitrogen and oxygen atoms in total. The van der Waals surface area contributed by atoms with Crippen molar-refractivity contribution in [2.24, 2.45) is 0 Å². The van der Waals surface area contributed by atoms with Crippen LogP contribution in [-0.2, 0) is 14.8 Å². The van der Waals surface area contributed by atoms with Gasteiger partial charge in [0.15, 0.2) is 0 Å². The fourth-order valence-electron chi connectivity index (χ4n) is 3.85. The number of rotatable bonds is 3. The molecule has 0 N–H and O–H groups in total. The van der Waals surface area contributed by atoms with Gasteiger partial charge >= 0.3 is 0 Å². The molecule has 4 rings (SSSR count). The normalized spacial score (nSPS) is 31.5. The van der Waals surface area contributed by atoms with Crippen molar-refractivity contribution in [2.45, 2.75) is 36.3 Å². The molecule has 0 aromatic heterocycles. The SMILES string of the molecule is COC[C@@H]1CCCN1c1ccc2c(c1)O[C@H]1CCN(C1)S2(=O)=O. The van der Waals surface area contributed by atoms with Gasteiger partial charge in [0.25, 0.3) is 0 Å². The van der Waals surface area contributed by atoms with Crippen LogP contribution < -0.4 is 9.64 Å². The van der Waals surface area contributed by atoms with Crippen molar-refractivity contribution < 1.29 is 17.9 Å². The molecule has 1 aromatic carbocycles. The smallest absolute Gasteiger partial charge is 0.246 e. The number of ether oxygens (including phenoxy) is 2. The summed E-state index contributed by atoms with van der Waals surface area (Å²) in [5, 5.41) is 0. The fraction of sp³-hybridized carbons (Fsp3) is 0.625. The second kappa shape index (κ2) is 5.65. The maximum atomic E-state index is 12.7. The lowest BCUT2D eigenvalue weighted by atomic mass is 10.2. The van der Waals surface area contributed by atoms with E-state index < -0.39 is 10.0 Å². The van der Waals surface area contributed by atoms with Gasteiger partial charge in [-0.05, 0) is 31.4 Å².